The Kier molecular flexibility index (Phi) is 7.75. The predicted octanol–water partition coefficient (Wildman–Crippen LogP) is 6.60. The zero-order valence-corrected chi connectivity index (χ0v) is 20.6. The molecule has 0 saturated carbocycles. The number of halogens is 1. The summed E-state index contributed by atoms with van der Waals surface area (Å²) < 4.78 is 5.37. The van der Waals surface area contributed by atoms with Crippen molar-refractivity contribution < 1.29 is 4.79 Å². The standard InChI is InChI=1S/C24H30ClN3OS2/c1-17(2)18-7-9-19(10-8-18)30-26-24(29)20-15-23(31-28-13-5-6-14-28)22(16-21(20)25)27-11-3-4-12-27/h7-10,15-17H,3-6,11-14H2,1-2H3,(H,26,29). The van der Waals surface area contributed by atoms with Gasteiger partial charge in [0.2, 0.25) is 0 Å². The quantitative estimate of drug-likeness (QED) is 0.456. The third kappa shape index (κ3) is 5.72. The van der Waals surface area contributed by atoms with Crippen molar-refractivity contribution in [3.05, 3.63) is 52.5 Å². The Bertz CT molecular complexity index is 908. The molecule has 31 heavy (non-hydrogen) atoms. The summed E-state index contributed by atoms with van der Waals surface area (Å²) in [6.07, 6.45) is 4.89. The molecule has 0 unspecified atom stereocenters. The number of rotatable bonds is 7. The Labute approximate surface area is 199 Å². The first-order valence-electron chi connectivity index (χ1n) is 11.1. The maximum Gasteiger partial charge on any atom is 0.262 e. The fraction of sp³-hybridized carbons (Fsp3) is 0.458. The van der Waals surface area contributed by atoms with Gasteiger partial charge in [0.1, 0.15) is 0 Å². The minimum absolute atomic E-state index is 0.154. The molecule has 166 valence electrons. The predicted molar refractivity (Wildman–Crippen MR) is 133 cm³/mol. The van der Waals surface area contributed by atoms with Gasteiger partial charge >= 0.3 is 0 Å². The van der Waals surface area contributed by atoms with Crippen molar-refractivity contribution in [3.8, 4) is 0 Å². The molecule has 0 aromatic heterocycles. The Balaban J connectivity index is 1.51. The molecule has 0 radical (unpaired) electrons. The van der Waals surface area contributed by atoms with Gasteiger partial charge in [-0.3, -0.25) is 9.52 Å². The molecule has 2 aliphatic rings. The van der Waals surface area contributed by atoms with Crippen molar-refractivity contribution >= 4 is 47.1 Å². The Morgan fingerprint density at radius 1 is 1.00 bits per heavy atom. The average molecular weight is 476 g/mol. The SMILES string of the molecule is CC(C)c1ccc(SNC(=O)c2cc(SN3CCCC3)c(N3CCCC3)cc2Cl)cc1. The Hall–Kier alpha value is -1.34. The van der Waals surface area contributed by atoms with Gasteiger partial charge in [0.15, 0.2) is 0 Å². The van der Waals surface area contributed by atoms with Crippen molar-refractivity contribution in [2.24, 2.45) is 0 Å². The van der Waals surface area contributed by atoms with E-state index in [9.17, 15) is 4.79 Å². The molecule has 4 nitrogen and oxygen atoms in total. The van der Waals surface area contributed by atoms with Crippen LogP contribution in [0.5, 0.6) is 0 Å². The van der Waals surface area contributed by atoms with Gasteiger partial charge in [-0.2, -0.15) is 0 Å². The van der Waals surface area contributed by atoms with Crippen LogP contribution in [-0.4, -0.2) is 36.4 Å². The summed E-state index contributed by atoms with van der Waals surface area (Å²) in [6, 6.07) is 12.3. The maximum absolute atomic E-state index is 13.0. The number of hydrogen-bond acceptors (Lipinski definition) is 5. The highest BCUT2D eigenvalue weighted by molar-refractivity contribution is 7.98. The molecule has 1 amide bonds. The third-order valence-corrected chi connectivity index (χ3v) is 8.10. The molecule has 2 aromatic rings. The number of nitrogens with one attached hydrogen (secondary N) is 1. The molecule has 2 fully saturated rings. The monoisotopic (exact) mass is 475 g/mol. The molecule has 7 heteroatoms. The van der Waals surface area contributed by atoms with Crippen LogP contribution in [0.3, 0.4) is 0 Å². The second-order valence-corrected chi connectivity index (χ2v) is 10.9. The minimum atomic E-state index is -0.154. The van der Waals surface area contributed by atoms with E-state index in [0.717, 1.165) is 41.7 Å². The molecule has 0 spiro atoms. The van der Waals surface area contributed by atoms with Crippen LogP contribution in [-0.2, 0) is 0 Å². The van der Waals surface area contributed by atoms with Crippen molar-refractivity contribution in [2.45, 2.75) is 55.2 Å². The lowest BCUT2D eigenvalue weighted by Gasteiger charge is -2.24. The van der Waals surface area contributed by atoms with Crippen LogP contribution < -0.4 is 9.62 Å². The van der Waals surface area contributed by atoms with Crippen LogP contribution in [0.25, 0.3) is 0 Å². The minimum Gasteiger partial charge on any atom is -0.371 e. The first-order valence-corrected chi connectivity index (χ1v) is 13.1. The van der Waals surface area contributed by atoms with Crippen molar-refractivity contribution in [1.82, 2.24) is 9.03 Å². The van der Waals surface area contributed by atoms with Gasteiger partial charge in [-0.15, -0.1) is 0 Å². The van der Waals surface area contributed by atoms with Crippen LogP contribution in [0.4, 0.5) is 5.69 Å². The van der Waals surface area contributed by atoms with Gasteiger partial charge in [0, 0.05) is 36.0 Å². The fourth-order valence-electron chi connectivity index (χ4n) is 3.99. The van der Waals surface area contributed by atoms with Gasteiger partial charge in [0.25, 0.3) is 5.91 Å². The van der Waals surface area contributed by atoms with Gasteiger partial charge < -0.3 is 4.90 Å². The summed E-state index contributed by atoms with van der Waals surface area (Å²) in [5.41, 5.74) is 2.99. The first-order chi connectivity index (χ1) is 15.0. The van der Waals surface area contributed by atoms with Crippen LogP contribution in [0, 0.1) is 0 Å². The van der Waals surface area contributed by atoms with E-state index >= 15 is 0 Å². The second kappa shape index (κ2) is 10.5. The summed E-state index contributed by atoms with van der Waals surface area (Å²) in [4.78, 5) is 17.5. The largest absolute Gasteiger partial charge is 0.371 e. The molecule has 4 rings (SSSR count). The van der Waals surface area contributed by atoms with Crippen LogP contribution in [0.15, 0.2) is 46.2 Å². The second-order valence-electron chi connectivity index (χ2n) is 8.48. The number of carbonyl (C=O) groups excluding carboxylic acids is 1. The molecule has 0 atom stereocenters. The molecule has 2 aliphatic heterocycles. The number of carbonyl (C=O) groups is 1. The molecule has 2 aromatic carbocycles. The summed E-state index contributed by atoms with van der Waals surface area (Å²) in [6.45, 7) is 8.65. The van der Waals surface area contributed by atoms with Gasteiger partial charge in [-0.25, -0.2) is 4.31 Å². The lowest BCUT2D eigenvalue weighted by atomic mass is 10.0. The van der Waals surface area contributed by atoms with Gasteiger partial charge in [-0.05, 0) is 85.3 Å². The van der Waals surface area contributed by atoms with Crippen molar-refractivity contribution in [3.63, 3.8) is 0 Å². The highest BCUT2D eigenvalue weighted by atomic mass is 35.5. The van der Waals surface area contributed by atoms with E-state index in [0.29, 0.717) is 16.5 Å². The molecule has 1 N–H and O–H groups in total. The topological polar surface area (TPSA) is 35.6 Å². The molecule has 0 bridgehead atoms. The van der Waals surface area contributed by atoms with E-state index in [4.69, 9.17) is 11.6 Å². The molecule has 2 heterocycles. The number of benzene rings is 2. The van der Waals surface area contributed by atoms with Crippen LogP contribution in [0.1, 0.15) is 61.4 Å². The van der Waals surface area contributed by atoms with Crippen molar-refractivity contribution in [2.75, 3.05) is 31.1 Å². The van der Waals surface area contributed by atoms with Crippen molar-refractivity contribution in [1.29, 1.82) is 0 Å². The van der Waals surface area contributed by atoms with E-state index in [2.05, 4.69) is 39.9 Å². The Morgan fingerprint density at radius 2 is 1.65 bits per heavy atom. The fourth-order valence-corrected chi connectivity index (χ4v) is 6.00. The molecule has 2 saturated heterocycles. The van der Waals surface area contributed by atoms with E-state index in [1.54, 1.807) is 11.9 Å². The summed E-state index contributed by atoms with van der Waals surface area (Å²) in [5, 5.41) is 0.515. The highest BCUT2D eigenvalue weighted by Crippen LogP contribution is 2.39. The average Bonchev–Trinajstić information content (AvgIpc) is 3.47. The number of amides is 1. The van der Waals surface area contributed by atoms with Gasteiger partial charge in [-0.1, -0.05) is 37.6 Å². The van der Waals surface area contributed by atoms with E-state index in [-0.39, 0.29) is 5.91 Å². The Morgan fingerprint density at radius 3 is 2.29 bits per heavy atom. The maximum atomic E-state index is 13.0. The normalized spacial score (nSPS) is 17.0. The zero-order chi connectivity index (χ0) is 21.8. The summed E-state index contributed by atoms with van der Waals surface area (Å²) in [5.74, 6) is 0.340. The molecular formula is C24H30ClN3OS2. The summed E-state index contributed by atoms with van der Waals surface area (Å²) >= 11 is 9.71. The van der Waals surface area contributed by atoms with Crippen LogP contribution >= 0.6 is 35.5 Å². The summed E-state index contributed by atoms with van der Waals surface area (Å²) in [7, 11) is 0. The van der Waals surface area contributed by atoms with E-state index in [1.807, 2.05) is 24.3 Å². The number of hydrogen-bond donors (Lipinski definition) is 1. The third-order valence-electron chi connectivity index (χ3n) is 5.84. The number of anilines is 1. The number of nitrogens with zero attached hydrogens (tertiary/aromatic N) is 2. The molecule has 0 aliphatic carbocycles. The van der Waals surface area contributed by atoms with Gasteiger partial charge in [0.05, 0.1) is 16.3 Å². The lowest BCUT2D eigenvalue weighted by Crippen LogP contribution is -2.21. The lowest BCUT2D eigenvalue weighted by molar-refractivity contribution is 0.0984. The smallest absolute Gasteiger partial charge is 0.262 e. The van der Waals surface area contributed by atoms with E-state index < -0.39 is 0 Å². The van der Waals surface area contributed by atoms with E-state index in [1.165, 1.54) is 43.2 Å². The molecular weight excluding hydrogens is 446 g/mol. The first kappa shape index (κ1) is 22.8. The zero-order valence-electron chi connectivity index (χ0n) is 18.2. The van der Waals surface area contributed by atoms with Crippen LogP contribution in [0.2, 0.25) is 5.02 Å². The highest BCUT2D eigenvalue weighted by Gasteiger charge is 2.23.